The van der Waals surface area contributed by atoms with Gasteiger partial charge in [0.2, 0.25) is 0 Å². The van der Waals surface area contributed by atoms with Crippen molar-refractivity contribution >= 4 is 23.2 Å². The quantitative estimate of drug-likeness (QED) is 0.655. The largest absolute Gasteiger partial charge is 0.469 e. The van der Waals surface area contributed by atoms with Gasteiger partial charge in [-0.2, -0.15) is 0 Å². The molecule has 0 bridgehead atoms. The Labute approximate surface area is 156 Å². The van der Waals surface area contributed by atoms with Crippen LogP contribution in [0.25, 0.3) is 0 Å². The fourth-order valence-corrected chi connectivity index (χ4v) is 3.52. The maximum atomic E-state index is 12.2. The molecule has 2 heterocycles. The number of hydrogen-bond acceptors (Lipinski definition) is 4. The highest BCUT2D eigenvalue weighted by atomic mass is 32.1. The van der Waals surface area contributed by atoms with Gasteiger partial charge < -0.3 is 15.1 Å². The van der Waals surface area contributed by atoms with Crippen LogP contribution < -0.4 is 10.6 Å². The van der Waals surface area contributed by atoms with E-state index in [9.17, 15) is 9.59 Å². The molecule has 3 rings (SSSR count). The summed E-state index contributed by atoms with van der Waals surface area (Å²) in [5.41, 5.74) is 0.945. The summed E-state index contributed by atoms with van der Waals surface area (Å²) in [7, 11) is 0. The second-order valence-electron chi connectivity index (χ2n) is 5.90. The van der Waals surface area contributed by atoms with Gasteiger partial charge in [-0.3, -0.25) is 9.59 Å². The van der Waals surface area contributed by atoms with E-state index in [0.717, 1.165) is 16.2 Å². The summed E-state index contributed by atoms with van der Waals surface area (Å²) in [6, 6.07) is 16.9. The number of rotatable bonds is 6. The molecule has 5 nitrogen and oxygen atoms in total. The summed E-state index contributed by atoms with van der Waals surface area (Å²) in [6.07, 6.45) is 1.60. The van der Waals surface area contributed by atoms with Crippen molar-refractivity contribution in [2.75, 3.05) is 6.54 Å². The van der Waals surface area contributed by atoms with Crippen molar-refractivity contribution in [1.82, 2.24) is 10.6 Å². The van der Waals surface area contributed by atoms with Gasteiger partial charge in [0.05, 0.1) is 18.2 Å². The fourth-order valence-electron chi connectivity index (χ4n) is 2.68. The van der Waals surface area contributed by atoms with Gasteiger partial charge in [-0.1, -0.05) is 36.4 Å². The van der Waals surface area contributed by atoms with Crippen LogP contribution in [0, 0.1) is 0 Å². The summed E-state index contributed by atoms with van der Waals surface area (Å²) >= 11 is 1.59. The number of furan rings is 1. The molecule has 2 unspecified atom stereocenters. The van der Waals surface area contributed by atoms with Gasteiger partial charge in [0, 0.05) is 11.4 Å². The predicted octanol–water partition coefficient (Wildman–Crippen LogP) is 3.47. The topological polar surface area (TPSA) is 71.3 Å². The lowest BCUT2D eigenvalue weighted by Gasteiger charge is -2.16. The number of thiophene rings is 1. The summed E-state index contributed by atoms with van der Waals surface area (Å²) in [5.74, 6) is -0.661. The number of carbonyl (C=O) groups excluding carboxylic acids is 2. The Balaban J connectivity index is 1.59. The van der Waals surface area contributed by atoms with Gasteiger partial charge in [-0.05, 0) is 36.1 Å². The van der Waals surface area contributed by atoms with E-state index in [0.29, 0.717) is 6.54 Å². The van der Waals surface area contributed by atoms with Crippen molar-refractivity contribution in [2.45, 2.75) is 18.9 Å². The maximum Gasteiger partial charge on any atom is 0.309 e. The third-order valence-electron chi connectivity index (χ3n) is 4.09. The molecule has 0 radical (unpaired) electrons. The van der Waals surface area contributed by atoms with Crippen LogP contribution in [0.1, 0.15) is 35.1 Å². The average Bonchev–Trinajstić information content (AvgIpc) is 3.37. The van der Waals surface area contributed by atoms with Crippen LogP contribution in [0.4, 0.5) is 0 Å². The first-order chi connectivity index (χ1) is 12.6. The minimum absolute atomic E-state index is 0.117. The lowest BCUT2D eigenvalue weighted by Crippen LogP contribution is -2.42. The Morgan fingerprint density at radius 2 is 1.85 bits per heavy atom. The van der Waals surface area contributed by atoms with Crippen molar-refractivity contribution in [2.24, 2.45) is 0 Å². The molecule has 2 atom stereocenters. The SMILES string of the molecule is CC(NC(=O)C(=O)NCC(c1ccco1)c1cccs1)c1ccccc1. The number of benzene rings is 1. The highest BCUT2D eigenvalue weighted by Crippen LogP contribution is 2.28. The van der Waals surface area contributed by atoms with Gasteiger partial charge in [0.25, 0.3) is 0 Å². The number of carbonyl (C=O) groups is 2. The smallest absolute Gasteiger partial charge is 0.309 e. The van der Waals surface area contributed by atoms with Gasteiger partial charge in [-0.25, -0.2) is 0 Å². The van der Waals surface area contributed by atoms with Crippen molar-refractivity contribution in [3.63, 3.8) is 0 Å². The Hall–Kier alpha value is -2.86. The molecule has 0 fully saturated rings. The Kier molecular flexibility index (Phi) is 5.86. The molecule has 0 saturated carbocycles. The minimum Gasteiger partial charge on any atom is -0.469 e. The van der Waals surface area contributed by atoms with Gasteiger partial charge in [0.1, 0.15) is 5.76 Å². The highest BCUT2D eigenvalue weighted by Gasteiger charge is 2.22. The molecule has 6 heteroatoms. The minimum atomic E-state index is -0.652. The van der Waals surface area contributed by atoms with Crippen LogP contribution in [-0.4, -0.2) is 18.4 Å². The van der Waals surface area contributed by atoms with Gasteiger partial charge in [0.15, 0.2) is 0 Å². The second kappa shape index (κ2) is 8.49. The third-order valence-corrected chi connectivity index (χ3v) is 5.08. The third kappa shape index (κ3) is 4.40. The molecule has 1 aromatic carbocycles. The molecular weight excluding hydrogens is 348 g/mol. The lowest BCUT2D eigenvalue weighted by molar-refractivity contribution is -0.139. The molecule has 3 aromatic rings. The number of nitrogens with one attached hydrogen (secondary N) is 2. The molecular formula is C20H20N2O3S. The van der Waals surface area contributed by atoms with Crippen LogP contribution >= 0.6 is 11.3 Å². The Morgan fingerprint density at radius 1 is 1.04 bits per heavy atom. The molecule has 0 spiro atoms. The summed E-state index contributed by atoms with van der Waals surface area (Å²) in [4.78, 5) is 25.4. The summed E-state index contributed by atoms with van der Waals surface area (Å²) < 4.78 is 5.49. The predicted molar refractivity (Wildman–Crippen MR) is 101 cm³/mol. The van der Waals surface area contributed by atoms with E-state index in [4.69, 9.17) is 4.42 Å². The first kappa shape index (κ1) is 17.9. The molecule has 0 aliphatic carbocycles. The molecule has 134 valence electrons. The molecule has 2 N–H and O–H groups in total. The number of amides is 2. The van der Waals surface area contributed by atoms with E-state index >= 15 is 0 Å². The Morgan fingerprint density at radius 3 is 2.50 bits per heavy atom. The normalized spacial score (nSPS) is 13.0. The lowest BCUT2D eigenvalue weighted by atomic mass is 10.0. The average molecular weight is 368 g/mol. The fraction of sp³-hybridized carbons (Fsp3) is 0.200. The highest BCUT2D eigenvalue weighted by molar-refractivity contribution is 7.10. The molecule has 0 saturated heterocycles. The molecule has 0 aliphatic heterocycles. The molecule has 2 amide bonds. The van der Waals surface area contributed by atoms with Crippen LogP contribution in [0.15, 0.2) is 70.7 Å². The zero-order valence-electron chi connectivity index (χ0n) is 14.3. The van der Waals surface area contributed by atoms with E-state index in [1.54, 1.807) is 17.6 Å². The van der Waals surface area contributed by atoms with Gasteiger partial charge in [-0.15, -0.1) is 11.3 Å². The zero-order chi connectivity index (χ0) is 18.4. The summed E-state index contributed by atoms with van der Waals surface area (Å²) in [5, 5.41) is 7.40. The van der Waals surface area contributed by atoms with Crippen molar-refractivity contribution in [1.29, 1.82) is 0 Å². The summed E-state index contributed by atoms with van der Waals surface area (Å²) in [6.45, 7) is 2.14. The van der Waals surface area contributed by atoms with E-state index in [-0.39, 0.29) is 12.0 Å². The van der Waals surface area contributed by atoms with Crippen LogP contribution in [-0.2, 0) is 9.59 Å². The second-order valence-corrected chi connectivity index (χ2v) is 6.88. The van der Waals surface area contributed by atoms with Crippen molar-refractivity contribution in [3.05, 3.63) is 82.4 Å². The van der Waals surface area contributed by atoms with Crippen molar-refractivity contribution in [3.8, 4) is 0 Å². The molecule has 26 heavy (non-hydrogen) atoms. The van der Waals surface area contributed by atoms with Crippen molar-refractivity contribution < 1.29 is 14.0 Å². The molecule has 2 aromatic heterocycles. The van der Waals surface area contributed by atoms with E-state index in [1.165, 1.54) is 0 Å². The first-order valence-corrected chi connectivity index (χ1v) is 9.23. The first-order valence-electron chi connectivity index (χ1n) is 8.35. The molecule has 0 aliphatic rings. The number of hydrogen-bond donors (Lipinski definition) is 2. The van der Waals surface area contributed by atoms with E-state index in [1.807, 2.05) is 66.9 Å². The van der Waals surface area contributed by atoms with Crippen LogP contribution in [0.2, 0.25) is 0 Å². The van der Waals surface area contributed by atoms with E-state index in [2.05, 4.69) is 10.6 Å². The van der Waals surface area contributed by atoms with Crippen LogP contribution in [0.3, 0.4) is 0 Å². The maximum absolute atomic E-state index is 12.2. The van der Waals surface area contributed by atoms with Gasteiger partial charge >= 0.3 is 11.8 Å². The monoisotopic (exact) mass is 368 g/mol. The Bertz CT molecular complexity index is 795. The van der Waals surface area contributed by atoms with E-state index < -0.39 is 11.8 Å². The standard InChI is InChI=1S/C20H20N2O3S/c1-14(15-7-3-2-4-8-15)22-20(24)19(23)21-13-16(17-9-5-11-25-17)18-10-6-12-26-18/h2-12,14,16H,13H2,1H3,(H,21,23)(H,22,24). The van der Waals surface area contributed by atoms with Crippen LogP contribution in [0.5, 0.6) is 0 Å². The zero-order valence-corrected chi connectivity index (χ0v) is 15.2.